The number of methoxy groups -OCH3 is 1. The summed E-state index contributed by atoms with van der Waals surface area (Å²) in [4.78, 5) is 2.48. The molecule has 0 aromatic heterocycles. The van der Waals surface area contributed by atoms with E-state index in [2.05, 4.69) is 38.7 Å². The molecule has 0 radical (unpaired) electrons. The lowest BCUT2D eigenvalue weighted by Crippen LogP contribution is -2.33. The molecule has 0 aliphatic carbocycles. The predicted octanol–water partition coefficient (Wildman–Crippen LogP) is 3.02. The van der Waals surface area contributed by atoms with Crippen LogP contribution in [0.4, 0.5) is 0 Å². The first-order valence-electron chi connectivity index (χ1n) is 7.07. The fourth-order valence-corrected chi connectivity index (χ4v) is 2.23. The normalized spacial score (nSPS) is 11.6. The van der Waals surface area contributed by atoms with Crippen LogP contribution in [0.3, 0.4) is 0 Å². The molecule has 19 heavy (non-hydrogen) atoms. The third-order valence-electron chi connectivity index (χ3n) is 3.28. The van der Waals surface area contributed by atoms with Crippen LogP contribution in [0.2, 0.25) is 0 Å². The monoisotopic (exact) mass is 264 g/mol. The molecule has 0 heterocycles. The maximum Gasteiger partial charge on any atom is 0.123 e. The first kappa shape index (κ1) is 16.0. The summed E-state index contributed by atoms with van der Waals surface area (Å²) in [7, 11) is 1.73. The molecule has 0 unspecified atom stereocenters. The van der Waals surface area contributed by atoms with E-state index < -0.39 is 0 Å². The Balaban J connectivity index is 2.93. The van der Waals surface area contributed by atoms with Crippen molar-refractivity contribution < 1.29 is 4.74 Å². The average molecular weight is 264 g/mol. The van der Waals surface area contributed by atoms with E-state index in [1.165, 1.54) is 5.56 Å². The summed E-state index contributed by atoms with van der Waals surface area (Å²) in [5, 5.41) is 0. The Morgan fingerprint density at radius 1 is 1.21 bits per heavy atom. The molecule has 1 aromatic carbocycles. The highest BCUT2D eigenvalue weighted by molar-refractivity contribution is 5.37. The smallest absolute Gasteiger partial charge is 0.123 e. The Morgan fingerprint density at radius 3 is 2.37 bits per heavy atom. The third kappa shape index (κ3) is 4.84. The third-order valence-corrected chi connectivity index (χ3v) is 3.28. The highest BCUT2D eigenvalue weighted by Crippen LogP contribution is 2.23. The second-order valence-electron chi connectivity index (χ2n) is 5.77. The molecule has 108 valence electrons. The topological polar surface area (TPSA) is 38.5 Å². The highest BCUT2D eigenvalue weighted by Gasteiger charge is 2.14. The van der Waals surface area contributed by atoms with Gasteiger partial charge < -0.3 is 10.5 Å². The average Bonchev–Trinajstić information content (AvgIpc) is 2.37. The zero-order valence-corrected chi connectivity index (χ0v) is 12.9. The molecule has 0 atom stereocenters. The number of benzene rings is 1. The SMILES string of the molecule is COc1ccc(CN)cc1CN(CC(C)C)C(C)C. The largest absolute Gasteiger partial charge is 0.496 e. The lowest BCUT2D eigenvalue weighted by atomic mass is 10.1. The van der Waals surface area contributed by atoms with E-state index in [4.69, 9.17) is 10.5 Å². The van der Waals surface area contributed by atoms with Gasteiger partial charge >= 0.3 is 0 Å². The van der Waals surface area contributed by atoms with Crippen LogP contribution in [-0.4, -0.2) is 24.6 Å². The van der Waals surface area contributed by atoms with Gasteiger partial charge in [0.2, 0.25) is 0 Å². The Bertz CT molecular complexity index is 388. The quantitative estimate of drug-likeness (QED) is 0.822. The van der Waals surface area contributed by atoms with E-state index in [-0.39, 0.29) is 0 Å². The standard InChI is InChI=1S/C16H28N2O/c1-12(2)10-18(13(3)4)11-15-8-14(9-17)6-7-16(15)19-5/h6-8,12-13H,9-11,17H2,1-5H3. The summed E-state index contributed by atoms with van der Waals surface area (Å²) in [5.41, 5.74) is 8.11. The zero-order valence-electron chi connectivity index (χ0n) is 12.9. The summed E-state index contributed by atoms with van der Waals surface area (Å²) in [6.45, 7) is 11.6. The molecule has 3 heteroatoms. The molecule has 1 rings (SSSR count). The van der Waals surface area contributed by atoms with Crippen molar-refractivity contribution in [1.29, 1.82) is 0 Å². The maximum absolute atomic E-state index is 5.73. The molecule has 0 fully saturated rings. The van der Waals surface area contributed by atoms with Gasteiger partial charge in [-0.25, -0.2) is 0 Å². The van der Waals surface area contributed by atoms with E-state index in [0.717, 1.165) is 24.4 Å². The molecule has 0 aliphatic heterocycles. The first-order valence-corrected chi connectivity index (χ1v) is 7.07. The molecular weight excluding hydrogens is 236 g/mol. The number of nitrogens with two attached hydrogens (primary N) is 1. The van der Waals surface area contributed by atoms with Crippen molar-refractivity contribution in [2.24, 2.45) is 11.7 Å². The number of nitrogens with zero attached hydrogens (tertiary/aromatic N) is 1. The van der Waals surface area contributed by atoms with Crippen LogP contribution in [0, 0.1) is 5.92 Å². The van der Waals surface area contributed by atoms with Crippen molar-refractivity contribution in [2.75, 3.05) is 13.7 Å². The van der Waals surface area contributed by atoms with E-state index in [0.29, 0.717) is 18.5 Å². The van der Waals surface area contributed by atoms with Crippen LogP contribution in [0.1, 0.15) is 38.8 Å². The molecule has 0 saturated heterocycles. The van der Waals surface area contributed by atoms with Gasteiger partial charge in [-0.15, -0.1) is 0 Å². The molecule has 2 N–H and O–H groups in total. The van der Waals surface area contributed by atoms with Crippen LogP contribution < -0.4 is 10.5 Å². The van der Waals surface area contributed by atoms with Crippen LogP contribution >= 0.6 is 0 Å². The van der Waals surface area contributed by atoms with E-state index in [1.807, 2.05) is 12.1 Å². The van der Waals surface area contributed by atoms with Gasteiger partial charge in [-0.2, -0.15) is 0 Å². The summed E-state index contributed by atoms with van der Waals surface area (Å²) < 4.78 is 5.46. The van der Waals surface area contributed by atoms with Crippen LogP contribution in [0.25, 0.3) is 0 Å². The fourth-order valence-electron chi connectivity index (χ4n) is 2.23. The lowest BCUT2D eigenvalue weighted by molar-refractivity contribution is 0.187. The second-order valence-corrected chi connectivity index (χ2v) is 5.77. The van der Waals surface area contributed by atoms with Crippen molar-refractivity contribution in [3.05, 3.63) is 29.3 Å². The fraction of sp³-hybridized carbons (Fsp3) is 0.625. The number of hydrogen-bond donors (Lipinski definition) is 1. The van der Waals surface area contributed by atoms with Gasteiger partial charge in [-0.1, -0.05) is 19.9 Å². The molecule has 0 spiro atoms. The Labute approximate surface area is 117 Å². The number of hydrogen-bond acceptors (Lipinski definition) is 3. The van der Waals surface area contributed by atoms with E-state index in [9.17, 15) is 0 Å². The Morgan fingerprint density at radius 2 is 1.89 bits per heavy atom. The van der Waals surface area contributed by atoms with Crippen molar-refractivity contribution in [3.8, 4) is 5.75 Å². The van der Waals surface area contributed by atoms with E-state index >= 15 is 0 Å². The second kappa shape index (κ2) is 7.51. The van der Waals surface area contributed by atoms with Crippen molar-refractivity contribution in [3.63, 3.8) is 0 Å². The summed E-state index contributed by atoms with van der Waals surface area (Å²) in [6.07, 6.45) is 0. The Hall–Kier alpha value is -1.06. The minimum absolute atomic E-state index is 0.522. The molecule has 0 saturated carbocycles. The van der Waals surface area contributed by atoms with Crippen molar-refractivity contribution >= 4 is 0 Å². The number of ether oxygens (including phenoxy) is 1. The predicted molar refractivity (Wildman–Crippen MR) is 81.3 cm³/mol. The van der Waals surface area contributed by atoms with Crippen LogP contribution in [-0.2, 0) is 13.1 Å². The van der Waals surface area contributed by atoms with Gasteiger partial charge in [-0.05, 0) is 37.5 Å². The highest BCUT2D eigenvalue weighted by atomic mass is 16.5. The van der Waals surface area contributed by atoms with Gasteiger partial charge in [0.15, 0.2) is 0 Å². The summed E-state index contributed by atoms with van der Waals surface area (Å²) in [5.74, 6) is 1.61. The van der Waals surface area contributed by atoms with E-state index in [1.54, 1.807) is 7.11 Å². The molecule has 1 aromatic rings. The molecule has 0 bridgehead atoms. The van der Waals surface area contributed by atoms with Crippen LogP contribution in [0.5, 0.6) is 5.75 Å². The van der Waals surface area contributed by atoms with Crippen molar-refractivity contribution in [1.82, 2.24) is 4.90 Å². The molecule has 0 aliphatic rings. The maximum atomic E-state index is 5.73. The van der Waals surface area contributed by atoms with Gasteiger partial charge in [0.25, 0.3) is 0 Å². The summed E-state index contributed by atoms with van der Waals surface area (Å²) >= 11 is 0. The lowest BCUT2D eigenvalue weighted by Gasteiger charge is -2.29. The van der Waals surface area contributed by atoms with Gasteiger partial charge in [0.05, 0.1) is 7.11 Å². The van der Waals surface area contributed by atoms with Gasteiger partial charge in [-0.3, -0.25) is 4.90 Å². The minimum atomic E-state index is 0.522. The molecular formula is C16H28N2O. The summed E-state index contributed by atoms with van der Waals surface area (Å²) in [6, 6.07) is 6.73. The minimum Gasteiger partial charge on any atom is -0.496 e. The molecule has 3 nitrogen and oxygen atoms in total. The number of rotatable bonds is 7. The van der Waals surface area contributed by atoms with Gasteiger partial charge in [0, 0.05) is 31.2 Å². The van der Waals surface area contributed by atoms with Crippen molar-refractivity contribution in [2.45, 2.75) is 46.8 Å². The van der Waals surface area contributed by atoms with Crippen LogP contribution in [0.15, 0.2) is 18.2 Å². The zero-order chi connectivity index (χ0) is 14.4. The first-order chi connectivity index (χ1) is 8.97. The van der Waals surface area contributed by atoms with Gasteiger partial charge in [0.1, 0.15) is 5.75 Å². The Kier molecular flexibility index (Phi) is 6.32. The molecule has 0 amide bonds.